The molecule has 5 fully saturated rings. The number of hydrogen-bond acceptors (Lipinski definition) is 3. The highest BCUT2D eigenvalue weighted by Gasteiger charge is 2.59. The zero-order chi connectivity index (χ0) is 22.0. The number of amides is 3. The molecule has 5 aliphatic rings. The summed E-state index contributed by atoms with van der Waals surface area (Å²) < 4.78 is 0. The summed E-state index contributed by atoms with van der Waals surface area (Å²) >= 11 is 0. The lowest BCUT2D eigenvalue weighted by molar-refractivity contribution is -0.151. The van der Waals surface area contributed by atoms with E-state index in [1.54, 1.807) is 6.92 Å². The first kappa shape index (κ1) is 20.5. The Bertz CT molecular complexity index is 900. The molecule has 1 aliphatic heterocycles. The summed E-state index contributed by atoms with van der Waals surface area (Å²) in [7, 11) is 0. The van der Waals surface area contributed by atoms with Gasteiger partial charge in [0.1, 0.15) is 5.41 Å². The number of nitrogens with one attached hydrogen (secondary N) is 1. The Hall–Kier alpha value is -2.37. The van der Waals surface area contributed by atoms with Gasteiger partial charge in [-0.3, -0.25) is 14.4 Å². The monoisotopic (exact) mass is 423 g/mol. The molecule has 4 saturated carbocycles. The summed E-state index contributed by atoms with van der Waals surface area (Å²) in [5.41, 5.74) is 5.48. The number of hydrogen-bond donors (Lipinski definition) is 2. The summed E-state index contributed by atoms with van der Waals surface area (Å²) in [6, 6.07) is 9.97. The van der Waals surface area contributed by atoms with Gasteiger partial charge in [0.15, 0.2) is 0 Å². The van der Waals surface area contributed by atoms with Gasteiger partial charge in [0.2, 0.25) is 17.7 Å². The van der Waals surface area contributed by atoms with E-state index in [0.29, 0.717) is 30.7 Å². The van der Waals surface area contributed by atoms with Crippen LogP contribution in [0.5, 0.6) is 0 Å². The van der Waals surface area contributed by atoms with E-state index in [2.05, 4.69) is 5.32 Å². The van der Waals surface area contributed by atoms with Gasteiger partial charge >= 0.3 is 0 Å². The number of nitrogens with zero attached hydrogens (tertiary/aromatic N) is 1. The van der Waals surface area contributed by atoms with Crippen LogP contribution in [0.15, 0.2) is 30.3 Å². The Balaban J connectivity index is 1.30. The molecule has 6 rings (SSSR count). The molecule has 4 unspecified atom stereocenters. The van der Waals surface area contributed by atoms with Crippen LogP contribution in [0.2, 0.25) is 0 Å². The van der Waals surface area contributed by atoms with Crippen molar-refractivity contribution < 1.29 is 14.4 Å². The smallest absolute Gasteiger partial charge is 0.238 e. The Morgan fingerprint density at radius 2 is 1.77 bits per heavy atom. The lowest BCUT2D eigenvalue weighted by Gasteiger charge is -2.59. The molecule has 31 heavy (non-hydrogen) atoms. The standard InChI is InChI=1S/C25H33N3O3/c1-15(17-6-4-3-5-7-17)28-9-8-24(2,23(28)31)22(30)27-20-18-10-16-11-19(20)14-25(12-16,13-18)21(26)29/h3-7,15-16,18-20H,8-14H2,1-2H3,(H2,26,29)(H,27,30)/t15-,16?,18-,19+,20?,24?,25?/m0/s1. The minimum Gasteiger partial charge on any atom is -0.369 e. The van der Waals surface area contributed by atoms with E-state index in [1.165, 1.54) is 0 Å². The first-order valence-electron chi connectivity index (χ1n) is 11.7. The summed E-state index contributed by atoms with van der Waals surface area (Å²) in [6.07, 6.45) is 5.12. The summed E-state index contributed by atoms with van der Waals surface area (Å²) in [5, 5.41) is 3.29. The molecule has 0 radical (unpaired) electrons. The predicted octanol–water partition coefficient (Wildman–Crippen LogP) is 2.78. The van der Waals surface area contributed by atoms with Crippen LogP contribution < -0.4 is 11.1 Å². The molecule has 6 nitrogen and oxygen atoms in total. The lowest BCUT2D eigenvalue weighted by Crippen LogP contribution is -2.63. The maximum Gasteiger partial charge on any atom is 0.238 e. The van der Waals surface area contributed by atoms with Crippen LogP contribution in [-0.2, 0) is 14.4 Å². The van der Waals surface area contributed by atoms with Crippen molar-refractivity contribution in [3.05, 3.63) is 35.9 Å². The van der Waals surface area contributed by atoms with E-state index in [4.69, 9.17) is 5.73 Å². The number of primary amides is 1. The zero-order valence-electron chi connectivity index (χ0n) is 18.5. The number of carbonyl (C=O) groups excluding carboxylic acids is 3. The molecule has 1 aromatic rings. The highest BCUT2D eigenvalue weighted by Crippen LogP contribution is 2.60. The van der Waals surface area contributed by atoms with Crippen LogP contribution >= 0.6 is 0 Å². The fourth-order valence-electron chi connectivity index (χ4n) is 7.23. The van der Waals surface area contributed by atoms with Gasteiger partial charge in [-0.25, -0.2) is 0 Å². The average Bonchev–Trinajstić information content (AvgIpc) is 3.06. The maximum absolute atomic E-state index is 13.4. The van der Waals surface area contributed by atoms with Crippen molar-refractivity contribution in [2.24, 2.45) is 34.3 Å². The van der Waals surface area contributed by atoms with Gasteiger partial charge in [-0.15, -0.1) is 0 Å². The van der Waals surface area contributed by atoms with Crippen molar-refractivity contribution in [3.63, 3.8) is 0 Å². The third kappa shape index (κ3) is 3.09. The normalized spacial score (nSPS) is 39.5. The van der Waals surface area contributed by atoms with Gasteiger partial charge in [-0.05, 0) is 75.7 Å². The molecule has 1 heterocycles. The summed E-state index contributed by atoms with van der Waals surface area (Å²) in [6.45, 7) is 4.41. The second kappa shape index (κ2) is 7.07. The Morgan fingerprint density at radius 3 is 2.39 bits per heavy atom. The molecule has 1 saturated heterocycles. The van der Waals surface area contributed by atoms with Crippen LogP contribution in [0.4, 0.5) is 0 Å². The number of carbonyl (C=O) groups is 3. The van der Waals surface area contributed by atoms with Crippen molar-refractivity contribution in [2.45, 2.75) is 64.5 Å². The fourth-order valence-corrected chi connectivity index (χ4v) is 7.23. The van der Waals surface area contributed by atoms with Gasteiger partial charge in [0.05, 0.1) is 6.04 Å². The molecular formula is C25H33N3O3. The van der Waals surface area contributed by atoms with E-state index in [0.717, 1.165) is 37.7 Å². The molecule has 4 bridgehead atoms. The van der Waals surface area contributed by atoms with Crippen molar-refractivity contribution in [2.75, 3.05) is 6.54 Å². The van der Waals surface area contributed by atoms with Crippen LogP contribution in [0.25, 0.3) is 0 Å². The van der Waals surface area contributed by atoms with Gasteiger partial charge in [-0.1, -0.05) is 30.3 Å². The topological polar surface area (TPSA) is 92.5 Å². The first-order valence-corrected chi connectivity index (χ1v) is 11.7. The van der Waals surface area contributed by atoms with Gasteiger partial charge < -0.3 is 16.0 Å². The van der Waals surface area contributed by atoms with E-state index in [-0.39, 0.29) is 35.2 Å². The molecule has 0 aromatic heterocycles. The van der Waals surface area contributed by atoms with Crippen molar-refractivity contribution in [1.82, 2.24) is 10.2 Å². The third-order valence-electron chi connectivity index (χ3n) is 8.93. The van der Waals surface area contributed by atoms with Crippen LogP contribution in [0.3, 0.4) is 0 Å². The molecule has 166 valence electrons. The average molecular weight is 424 g/mol. The number of rotatable bonds is 5. The largest absolute Gasteiger partial charge is 0.369 e. The van der Waals surface area contributed by atoms with Crippen LogP contribution in [0, 0.1) is 28.6 Å². The molecule has 3 amide bonds. The number of nitrogens with two attached hydrogens (primary N) is 1. The number of likely N-dealkylation sites (tertiary alicyclic amines) is 1. The summed E-state index contributed by atoms with van der Waals surface area (Å²) in [4.78, 5) is 40.8. The van der Waals surface area contributed by atoms with E-state index >= 15 is 0 Å². The SMILES string of the molecule is C[C@@H](c1ccccc1)N1CCC(C)(C(=O)NC2[C@@H]3CC4C[C@H]2CC(C(N)=O)(C4)C3)C1=O. The molecular weight excluding hydrogens is 390 g/mol. The molecule has 7 atom stereocenters. The van der Waals surface area contributed by atoms with Gasteiger partial charge in [0, 0.05) is 18.0 Å². The van der Waals surface area contributed by atoms with Crippen LogP contribution in [-0.4, -0.2) is 35.2 Å². The molecule has 3 N–H and O–H groups in total. The Kier molecular flexibility index (Phi) is 4.68. The van der Waals surface area contributed by atoms with Crippen molar-refractivity contribution in [3.8, 4) is 0 Å². The molecule has 1 aromatic carbocycles. The third-order valence-corrected chi connectivity index (χ3v) is 8.93. The molecule has 4 aliphatic carbocycles. The predicted molar refractivity (Wildman–Crippen MR) is 116 cm³/mol. The first-order chi connectivity index (χ1) is 14.7. The summed E-state index contributed by atoms with van der Waals surface area (Å²) in [5.74, 6) is 0.734. The Morgan fingerprint density at radius 1 is 1.13 bits per heavy atom. The second-order valence-corrected chi connectivity index (χ2v) is 10.8. The van der Waals surface area contributed by atoms with Gasteiger partial charge in [0.25, 0.3) is 0 Å². The fraction of sp³-hybridized carbons (Fsp3) is 0.640. The maximum atomic E-state index is 13.4. The van der Waals surface area contributed by atoms with Crippen molar-refractivity contribution >= 4 is 17.7 Å². The quantitative estimate of drug-likeness (QED) is 0.713. The lowest BCUT2D eigenvalue weighted by atomic mass is 9.47. The zero-order valence-corrected chi connectivity index (χ0v) is 18.5. The minimum atomic E-state index is -1.03. The second-order valence-electron chi connectivity index (χ2n) is 10.8. The molecule has 0 spiro atoms. The Labute approximate surface area is 183 Å². The van der Waals surface area contributed by atoms with Crippen molar-refractivity contribution in [1.29, 1.82) is 0 Å². The van der Waals surface area contributed by atoms with Gasteiger partial charge in [-0.2, -0.15) is 0 Å². The molecule has 6 heteroatoms. The highest BCUT2D eigenvalue weighted by molar-refractivity contribution is 6.06. The number of benzene rings is 1. The van der Waals surface area contributed by atoms with Crippen LogP contribution in [0.1, 0.15) is 64.0 Å². The highest BCUT2D eigenvalue weighted by atomic mass is 16.2. The van der Waals surface area contributed by atoms with E-state index < -0.39 is 5.41 Å². The van der Waals surface area contributed by atoms with E-state index in [1.807, 2.05) is 42.2 Å². The minimum absolute atomic E-state index is 0.0556. The van der Waals surface area contributed by atoms with E-state index in [9.17, 15) is 14.4 Å².